The number of carbonyl (C=O) groups is 1. The lowest BCUT2D eigenvalue weighted by atomic mass is 10.2. The number of rotatable bonds is 4. The maximum Gasteiger partial charge on any atom is 0.406 e. The molecule has 3 nitrogen and oxygen atoms in total. The predicted molar refractivity (Wildman–Crippen MR) is 57.0 cm³/mol. The predicted octanol–water partition coefficient (Wildman–Crippen LogP) is 1.54. The molecule has 0 aliphatic heterocycles. The van der Waals surface area contributed by atoms with Gasteiger partial charge in [0.2, 0.25) is 5.91 Å². The van der Waals surface area contributed by atoms with E-state index in [0.717, 1.165) is 0 Å². The molecule has 94 valence electrons. The average Bonchev–Trinajstić information content (AvgIpc) is 2.27. The molecule has 0 atom stereocenters. The molecule has 2 N–H and O–H groups in total. The number of nitrogens with two attached hydrogens (primary N) is 1. The Hall–Kier alpha value is -1.56. The summed E-state index contributed by atoms with van der Waals surface area (Å²) in [4.78, 5) is 12.0. The van der Waals surface area contributed by atoms with Crippen molar-refractivity contribution < 1.29 is 18.0 Å². The summed E-state index contributed by atoms with van der Waals surface area (Å²) in [5.41, 5.74) is 5.72. The van der Waals surface area contributed by atoms with Crippen molar-refractivity contribution in [3.63, 3.8) is 0 Å². The summed E-state index contributed by atoms with van der Waals surface area (Å²) < 4.78 is 36.8. The second-order valence-corrected chi connectivity index (χ2v) is 3.55. The molecule has 0 bridgehead atoms. The Labute approximate surface area is 97.0 Å². The van der Waals surface area contributed by atoms with E-state index >= 15 is 0 Å². The number of carbonyl (C=O) groups excluding carboxylic acids is 1. The number of alkyl halides is 3. The Morgan fingerprint density at radius 2 is 1.82 bits per heavy atom. The molecule has 0 heterocycles. The molecule has 0 aliphatic rings. The number of nitrogens with zero attached hydrogens (tertiary/aromatic N) is 1. The van der Waals surface area contributed by atoms with E-state index in [0.29, 0.717) is 10.5 Å². The molecule has 0 radical (unpaired) electrons. The van der Waals surface area contributed by atoms with Gasteiger partial charge in [0, 0.05) is 6.54 Å². The Kier molecular flexibility index (Phi) is 4.51. The van der Waals surface area contributed by atoms with Crippen LogP contribution in [0, 0.1) is 0 Å². The lowest BCUT2D eigenvalue weighted by Gasteiger charge is -2.23. The van der Waals surface area contributed by atoms with Crippen molar-refractivity contribution in [1.29, 1.82) is 0 Å². The monoisotopic (exact) mass is 246 g/mol. The molecule has 17 heavy (non-hydrogen) atoms. The highest BCUT2D eigenvalue weighted by molar-refractivity contribution is 5.78. The van der Waals surface area contributed by atoms with E-state index in [-0.39, 0.29) is 6.54 Å². The topological polar surface area (TPSA) is 46.3 Å². The van der Waals surface area contributed by atoms with Gasteiger partial charge in [-0.2, -0.15) is 13.2 Å². The van der Waals surface area contributed by atoms with E-state index in [2.05, 4.69) is 0 Å². The van der Waals surface area contributed by atoms with Crippen molar-refractivity contribution in [2.45, 2.75) is 12.7 Å². The van der Waals surface area contributed by atoms with Crippen LogP contribution in [0.5, 0.6) is 0 Å². The van der Waals surface area contributed by atoms with Gasteiger partial charge in [-0.15, -0.1) is 0 Å². The van der Waals surface area contributed by atoms with Crippen LogP contribution in [0.3, 0.4) is 0 Å². The fourth-order valence-electron chi connectivity index (χ4n) is 1.38. The zero-order valence-electron chi connectivity index (χ0n) is 9.07. The number of hydrogen-bond acceptors (Lipinski definition) is 2. The first kappa shape index (κ1) is 13.5. The first-order valence-electron chi connectivity index (χ1n) is 5.01. The normalized spacial score (nSPS) is 11.3. The van der Waals surface area contributed by atoms with Gasteiger partial charge >= 0.3 is 6.18 Å². The molecule has 0 fully saturated rings. The molecular formula is C11H13F3N2O. The molecule has 0 spiro atoms. The van der Waals surface area contributed by atoms with Gasteiger partial charge in [0.05, 0.1) is 6.54 Å². The van der Waals surface area contributed by atoms with E-state index in [4.69, 9.17) is 5.73 Å². The van der Waals surface area contributed by atoms with Gasteiger partial charge in [0.25, 0.3) is 0 Å². The van der Waals surface area contributed by atoms with E-state index in [9.17, 15) is 18.0 Å². The lowest BCUT2D eigenvalue weighted by molar-refractivity contribution is -0.161. The van der Waals surface area contributed by atoms with Crippen LogP contribution in [0.15, 0.2) is 30.3 Å². The largest absolute Gasteiger partial charge is 0.406 e. The van der Waals surface area contributed by atoms with E-state index in [1.54, 1.807) is 30.3 Å². The number of amides is 1. The minimum Gasteiger partial charge on any atom is -0.328 e. The zero-order valence-corrected chi connectivity index (χ0v) is 9.07. The smallest absolute Gasteiger partial charge is 0.328 e. The van der Waals surface area contributed by atoms with E-state index in [1.165, 1.54) is 0 Å². The Bertz CT molecular complexity index is 365. The number of benzene rings is 1. The van der Waals surface area contributed by atoms with Gasteiger partial charge < -0.3 is 10.6 Å². The summed E-state index contributed by atoms with van der Waals surface area (Å²) >= 11 is 0. The lowest BCUT2D eigenvalue weighted by Crippen LogP contribution is -2.41. The number of hydrogen-bond donors (Lipinski definition) is 1. The highest BCUT2D eigenvalue weighted by Gasteiger charge is 2.32. The second-order valence-electron chi connectivity index (χ2n) is 3.55. The molecule has 0 aromatic heterocycles. The van der Waals surface area contributed by atoms with Crippen molar-refractivity contribution in [2.75, 3.05) is 13.1 Å². The van der Waals surface area contributed by atoms with Gasteiger partial charge in [-0.05, 0) is 5.56 Å². The first-order chi connectivity index (χ1) is 7.92. The van der Waals surface area contributed by atoms with Crippen LogP contribution in [0.25, 0.3) is 0 Å². The summed E-state index contributed by atoms with van der Waals surface area (Å²) in [5, 5.41) is 0. The molecule has 1 aromatic rings. The zero-order chi connectivity index (χ0) is 12.9. The van der Waals surface area contributed by atoms with Crippen molar-refractivity contribution in [3.8, 4) is 0 Å². The van der Waals surface area contributed by atoms with Crippen LogP contribution in [0.2, 0.25) is 0 Å². The molecule has 1 rings (SSSR count). The van der Waals surface area contributed by atoms with Crippen LogP contribution >= 0.6 is 0 Å². The Morgan fingerprint density at radius 1 is 1.24 bits per heavy atom. The van der Waals surface area contributed by atoms with Crippen LogP contribution in [-0.4, -0.2) is 30.1 Å². The standard InChI is InChI=1S/C11H13F3N2O/c12-11(13,14)8-16(10(17)6-15)7-9-4-2-1-3-5-9/h1-5H,6-8,15H2. The van der Waals surface area contributed by atoms with Crippen molar-refractivity contribution in [3.05, 3.63) is 35.9 Å². The minimum absolute atomic E-state index is 0.0869. The molecule has 1 aromatic carbocycles. The first-order valence-corrected chi connectivity index (χ1v) is 5.01. The quantitative estimate of drug-likeness (QED) is 0.875. The van der Waals surface area contributed by atoms with Crippen LogP contribution in [0.1, 0.15) is 5.56 Å². The van der Waals surface area contributed by atoms with E-state index < -0.39 is 25.2 Å². The highest BCUT2D eigenvalue weighted by Crippen LogP contribution is 2.18. The maximum atomic E-state index is 12.3. The summed E-state index contributed by atoms with van der Waals surface area (Å²) in [6, 6.07) is 8.48. The second kappa shape index (κ2) is 5.67. The van der Waals surface area contributed by atoms with Crippen LogP contribution in [-0.2, 0) is 11.3 Å². The Balaban J connectivity index is 2.74. The molecule has 6 heteroatoms. The van der Waals surface area contributed by atoms with Crippen molar-refractivity contribution in [2.24, 2.45) is 5.73 Å². The molecule has 1 amide bonds. The van der Waals surface area contributed by atoms with Gasteiger partial charge in [-0.25, -0.2) is 0 Å². The molecule has 0 saturated carbocycles. The summed E-state index contributed by atoms with van der Waals surface area (Å²) in [6.07, 6.45) is -4.42. The summed E-state index contributed by atoms with van der Waals surface area (Å²) in [6.45, 7) is -1.79. The van der Waals surface area contributed by atoms with Gasteiger partial charge in [0.15, 0.2) is 0 Å². The molecule has 0 saturated heterocycles. The molecular weight excluding hydrogens is 233 g/mol. The highest BCUT2D eigenvalue weighted by atomic mass is 19.4. The van der Waals surface area contributed by atoms with Gasteiger partial charge in [-0.3, -0.25) is 4.79 Å². The van der Waals surface area contributed by atoms with E-state index in [1.807, 2.05) is 0 Å². The van der Waals surface area contributed by atoms with Crippen molar-refractivity contribution in [1.82, 2.24) is 4.90 Å². The van der Waals surface area contributed by atoms with Crippen LogP contribution in [0.4, 0.5) is 13.2 Å². The third-order valence-electron chi connectivity index (χ3n) is 2.11. The third kappa shape index (κ3) is 4.86. The van der Waals surface area contributed by atoms with Gasteiger partial charge in [0.1, 0.15) is 6.54 Å². The number of halogens is 3. The third-order valence-corrected chi connectivity index (χ3v) is 2.11. The van der Waals surface area contributed by atoms with Crippen molar-refractivity contribution >= 4 is 5.91 Å². The molecule has 0 unspecified atom stereocenters. The average molecular weight is 246 g/mol. The SMILES string of the molecule is NCC(=O)N(Cc1ccccc1)CC(F)(F)F. The summed E-state index contributed by atoms with van der Waals surface area (Å²) in [7, 11) is 0. The Morgan fingerprint density at radius 3 is 2.29 bits per heavy atom. The summed E-state index contributed by atoms with van der Waals surface area (Å²) in [5.74, 6) is -0.717. The van der Waals surface area contributed by atoms with Gasteiger partial charge in [-0.1, -0.05) is 30.3 Å². The minimum atomic E-state index is -4.42. The fraction of sp³-hybridized carbons (Fsp3) is 0.364. The fourth-order valence-corrected chi connectivity index (χ4v) is 1.38. The maximum absolute atomic E-state index is 12.3. The van der Waals surface area contributed by atoms with Crippen LogP contribution < -0.4 is 5.73 Å². The molecule has 0 aliphatic carbocycles.